The number of nitrogens with one attached hydrogen (secondary N) is 3. The number of anilines is 1. The summed E-state index contributed by atoms with van der Waals surface area (Å²) in [5.74, 6) is 6.22. The average molecular weight is 659 g/mol. The first-order valence-corrected chi connectivity index (χ1v) is 17.0. The van der Waals surface area contributed by atoms with Crippen molar-refractivity contribution in [3.05, 3.63) is 94.3 Å². The number of aryl methyl sites for hydroxylation is 2. The van der Waals surface area contributed by atoms with Crippen LogP contribution in [0.15, 0.2) is 60.8 Å². The van der Waals surface area contributed by atoms with Gasteiger partial charge in [-0.2, -0.15) is 0 Å². The summed E-state index contributed by atoms with van der Waals surface area (Å²) in [5, 5.41) is 5.99. The van der Waals surface area contributed by atoms with Gasteiger partial charge in [-0.15, -0.1) is 0 Å². The van der Waals surface area contributed by atoms with E-state index in [0.29, 0.717) is 36.8 Å². The van der Waals surface area contributed by atoms with E-state index in [1.165, 1.54) is 29.7 Å². The van der Waals surface area contributed by atoms with E-state index in [2.05, 4.69) is 81.6 Å². The minimum atomic E-state index is -0.597. The van der Waals surface area contributed by atoms with E-state index < -0.39 is 11.9 Å². The Morgan fingerprint density at radius 2 is 1.88 bits per heavy atom. The molecule has 3 N–H and O–H groups in total. The smallest absolute Gasteiger partial charge is 0.255 e. The van der Waals surface area contributed by atoms with Crippen LogP contribution in [0, 0.1) is 18.8 Å². The third kappa shape index (κ3) is 7.90. The molecule has 4 aromatic rings. The molecule has 0 aliphatic carbocycles. The largest absolute Gasteiger partial charge is 0.357 e. The zero-order valence-corrected chi connectivity index (χ0v) is 28.1. The van der Waals surface area contributed by atoms with Crippen LogP contribution in [-0.2, 0) is 27.3 Å². The normalized spacial score (nSPS) is 18.7. The molecular weight excluding hydrogens is 616 g/mol. The highest BCUT2D eigenvalue weighted by Gasteiger charge is 2.39. The van der Waals surface area contributed by atoms with Crippen LogP contribution in [-0.4, -0.2) is 63.5 Å². The number of fused-ring (bicyclic) bond motifs is 2. The molecule has 0 radical (unpaired) electrons. The topological polar surface area (TPSA) is 128 Å². The molecule has 0 saturated carbocycles. The second kappa shape index (κ2) is 15.3. The third-order valence-corrected chi connectivity index (χ3v) is 9.55. The highest BCUT2D eigenvalue weighted by Crippen LogP contribution is 2.32. The fourth-order valence-corrected chi connectivity index (χ4v) is 6.83. The molecule has 7 rings (SSSR count). The van der Waals surface area contributed by atoms with Gasteiger partial charge in [-0.3, -0.25) is 29.4 Å². The predicted octanol–water partition coefficient (Wildman–Crippen LogP) is 5.42. The summed E-state index contributed by atoms with van der Waals surface area (Å²) in [6, 6.07) is 18.1. The first-order chi connectivity index (χ1) is 23.8. The molecule has 2 saturated heterocycles. The van der Waals surface area contributed by atoms with Crippen molar-refractivity contribution in [2.45, 2.75) is 76.9 Å². The lowest BCUT2D eigenvalue weighted by atomic mass is 10.0. The Balaban J connectivity index is 0.000000195. The number of hydrogen-bond acceptors (Lipinski definition) is 6. The maximum absolute atomic E-state index is 12.9. The van der Waals surface area contributed by atoms with E-state index in [1.54, 1.807) is 17.2 Å². The van der Waals surface area contributed by atoms with Crippen LogP contribution in [0.3, 0.4) is 0 Å². The number of aromatic amines is 1. The molecule has 252 valence electrons. The Morgan fingerprint density at radius 1 is 1.04 bits per heavy atom. The van der Waals surface area contributed by atoms with Crippen molar-refractivity contribution in [3.63, 3.8) is 0 Å². The number of nitrogens with zero attached hydrogens (tertiary/aromatic N) is 3. The monoisotopic (exact) mass is 658 g/mol. The number of rotatable bonds is 8. The van der Waals surface area contributed by atoms with Crippen molar-refractivity contribution in [1.82, 2.24) is 25.1 Å². The Morgan fingerprint density at radius 3 is 2.63 bits per heavy atom. The van der Waals surface area contributed by atoms with Gasteiger partial charge >= 0.3 is 0 Å². The number of pyridine rings is 1. The van der Waals surface area contributed by atoms with E-state index in [9.17, 15) is 19.2 Å². The van der Waals surface area contributed by atoms with Gasteiger partial charge in [0.05, 0.1) is 5.52 Å². The Labute approximate surface area is 286 Å². The van der Waals surface area contributed by atoms with Gasteiger partial charge in [0.25, 0.3) is 5.91 Å². The molecule has 3 aliphatic rings. The molecule has 2 atom stereocenters. The number of H-pyrrole nitrogens is 1. The molecule has 2 aromatic carbocycles. The van der Waals surface area contributed by atoms with Crippen LogP contribution in [0.25, 0.3) is 10.9 Å². The van der Waals surface area contributed by atoms with Crippen LogP contribution < -0.4 is 10.6 Å². The Kier molecular flexibility index (Phi) is 10.5. The molecule has 2 aromatic heterocycles. The molecule has 4 amide bonds. The zero-order valence-electron chi connectivity index (χ0n) is 28.1. The lowest BCUT2D eigenvalue weighted by Gasteiger charge is -2.29. The molecular formula is C39H42N6O4. The maximum Gasteiger partial charge on any atom is 0.255 e. The van der Waals surface area contributed by atoms with E-state index in [0.717, 1.165) is 54.3 Å². The molecule has 0 spiro atoms. The summed E-state index contributed by atoms with van der Waals surface area (Å²) < 4.78 is 0. The second-order valence-electron chi connectivity index (χ2n) is 13.0. The molecule has 49 heavy (non-hydrogen) atoms. The van der Waals surface area contributed by atoms with Crippen LogP contribution in [0.4, 0.5) is 5.82 Å². The van der Waals surface area contributed by atoms with Gasteiger partial charge in [0.15, 0.2) is 0 Å². The summed E-state index contributed by atoms with van der Waals surface area (Å²) in [6.45, 7) is 3.60. The first-order valence-electron chi connectivity index (χ1n) is 17.0. The quantitative estimate of drug-likeness (QED) is 0.101. The number of aromatic nitrogens is 2. The summed E-state index contributed by atoms with van der Waals surface area (Å²) in [7, 11) is 2.15. The molecule has 2 unspecified atom stereocenters. The third-order valence-electron chi connectivity index (χ3n) is 9.55. The van der Waals surface area contributed by atoms with Gasteiger partial charge in [-0.1, -0.05) is 47.7 Å². The minimum absolute atomic E-state index is 0.161. The molecule has 0 bridgehead atoms. The predicted molar refractivity (Wildman–Crippen MR) is 188 cm³/mol. The summed E-state index contributed by atoms with van der Waals surface area (Å²) >= 11 is 0. The number of likely N-dealkylation sites (tertiary alicyclic amines) is 1. The van der Waals surface area contributed by atoms with Crippen molar-refractivity contribution in [2.75, 3.05) is 18.9 Å². The van der Waals surface area contributed by atoms with Crippen LogP contribution in [0.1, 0.15) is 89.3 Å². The lowest BCUT2D eigenvalue weighted by molar-refractivity contribution is -0.136. The van der Waals surface area contributed by atoms with Gasteiger partial charge in [-0.25, -0.2) is 4.98 Å². The van der Waals surface area contributed by atoms with E-state index in [1.807, 2.05) is 18.2 Å². The molecule has 3 aliphatic heterocycles. The molecule has 10 heteroatoms. The fraction of sp³-hybridized carbons (Fsp3) is 0.359. The van der Waals surface area contributed by atoms with Crippen molar-refractivity contribution in [1.29, 1.82) is 0 Å². The van der Waals surface area contributed by atoms with Crippen molar-refractivity contribution in [2.24, 2.45) is 0 Å². The summed E-state index contributed by atoms with van der Waals surface area (Å²) in [6.07, 6.45) is 9.46. The highest BCUT2D eigenvalue weighted by atomic mass is 16.2. The van der Waals surface area contributed by atoms with Crippen molar-refractivity contribution < 1.29 is 19.2 Å². The lowest BCUT2D eigenvalue weighted by Crippen LogP contribution is -2.52. The SMILES string of the molecule is CN1CCCC1c1cc2cnc(NC=O)cc2[nH]1.Cc1ccc(CCCCC#Cc2cccc3c2CN(C2CCC(=O)NC2=O)C3=O)cc1. The Bertz CT molecular complexity index is 1920. The van der Waals surface area contributed by atoms with Crippen molar-refractivity contribution >= 4 is 40.9 Å². The average Bonchev–Trinajstić information content (AvgIpc) is 3.81. The number of imide groups is 1. The summed E-state index contributed by atoms with van der Waals surface area (Å²) in [4.78, 5) is 58.4. The van der Waals surface area contributed by atoms with Gasteiger partial charge in [-0.05, 0) is 88.4 Å². The standard InChI is InChI=1S/C26H26N2O3.C13H16N4O/c1-18-11-13-19(14-12-18)7-4-2-3-5-8-20-9-6-10-21-22(20)17-28(26(21)31)23-15-16-24(29)27-25(23)30;1-17-4-2-3-12(17)11-5-9-7-14-13(15-8-18)6-10(9)16-11/h6,9-14,23H,2-4,7,15-17H2,1H3,(H,27,29,30);5-8,12,16H,2-4H2,1H3,(H,14,15,18). The van der Waals surface area contributed by atoms with Gasteiger partial charge in [0.2, 0.25) is 18.2 Å². The number of hydrogen-bond donors (Lipinski definition) is 3. The number of amides is 4. The fourth-order valence-electron chi connectivity index (χ4n) is 6.83. The van der Waals surface area contributed by atoms with Crippen LogP contribution in [0.2, 0.25) is 0 Å². The van der Waals surface area contributed by atoms with E-state index in [-0.39, 0.29) is 18.2 Å². The number of benzene rings is 2. The number of carbonyl (C=O) groups excluding carboxylic acids is 4. The van der Waals surface area contributed by atoms with Crippen LogP contribution in [0.5, 0.6) is 0 Å². The molecule has 2 fully saturated rings. The number of piperidine rings is 1. The van der Waals surface area contributed by atoms with E-state index in [4.69, 9.17) is 0 Å². The second-order valence-corrected chi connectivity index (χ2v) is 13.0. The number of unbranched alkanes of at least 4 members (excludes halogenated alkanes) is 2. The number of carbonyl (C=O) groups is 4. The molecule has 10 nitrogen and oxygen atoms in total. The minimum Gasteiger partial charge on any atom is -0.357 e. The van der Waals surface area contributed by atoms with Crippen LogP contribution >= 0.6 is 0 Å². The maximum atomic E-state index is 12.9. The van der Waals surface area contributed by atoms with Gasteiger partial charge < -0.3 is 15.2 Å². The van der Waals surface area contributed by atoms with Gasteiger partial charge in [0.1, 0.15) is 11.9 Å². The van der Waals surface area contributed by atoms with Crippen molar-refractivity contribution in [3.8, 4) is 11.8 Å². The summed E-state index contributed by atoms with van der Waals surface area (Å²) in [5.41, 5.74) is 7.21. The van der Waals surface area contributed by atoms with Gasteiger partial charge in [0, 0.05) is 59.9 Å². The van der Waals surface area contributed by atoms with E-state index >= 15 is 0 Å². The molecule has 5 heterocycles. The highest BCUT2D eigenvalue weighted by molar-refractivity contribution is 6.05. The first kappa shape index (κ1) is 33.6. The Hall–Kier alpha value is -5.27. The zero-order chi connectivity index (χ0) is 34.3.